The summed E-state index contributed by atoms with van der Waals surface area (Å²) in [7, 11) is 0. The summed E-state index contributed by atoms with van der Waals surface area (Å²) in [5.41, 5.74) is 11.4. The van der Waals surface area contributed by atoms with Gasteiger partial charge in [0.15, 0.2) is 11.0 Å². The van der Waals surface area contributed by atoms with Crippen molar-refractivity contribution in [1.29, 1.82) is 0 Å². The van der Waals surface area contributed by atoms with Gasteiger partial charge >= 0.3 is 0 Å². The van der Waals surface area contributed by atoms with Crippen LogP contribution in [-0.2, 0) is 9.59 Å². The molecule has 0 radical (unpaired) electrons. The van der Waals surface area contributed by atoms with E-state index >= 15 is 0 Å². The lowest BCUT2D eigenvalue weighted by Gasteiger charge is -2.24. The average Bonchev–Trinajstić information content (AvgIpc) is 3.33. The number of rotatable bonds is 8. The number of guanidine groups is 1. The van der Waals surface area contributed by atoms with E-state index in [-0.39, 0.29) is 65.0 Å². The third-order valence-corrected chi connectivity index (χ3v) is 6.12. The van der Waals surface area contributed by atoms with E-state index in [0.717, 1.165) is 4.70 Å². The van der Waals surface area contributed by atoms with Gasteiger partial charge in [-0.05, 0) is 25.0 Å². The van der Waals surface area contributed by atoms with Gasteiger partial charge in [0.25, 0.3) is 0 Å². The van der Waals surface area contributed by atoms with Gasteiger partial charge in [0.05, 0.1) is 22.4 Å². The van der Waals surface area contributed by atoms with E-state index in [1.807, 2.05) is 24.3 Å². The van der Waals surface area contributed by atoms with E-state index in [2.05, 4.69) is 15.3 Å². The molecule has 0 aliphatic carbocycles. The van der Waals surface area contributed by atoms with Gasteiger partial charge in [-0.15, -0.1) is 11.3 Å². The first-order valence-electron chi connectivity index (χ1n) is 9.97. The second-order valence-corrected chi connectivity index (χ2v) is 8.47. The fourth-order valence-electron chi connectivity index (χ4n) is 3.58. The highest BCUT2D eigenvalue weighted by molar-refractivity contribution is 7.59. The van der Waals surface area contributed by atoms with Crippen molar-refractivity contribution in [1.82, 2.24) is 15.2 Å². The Bertz CT molecular complexity index is 978. The molecule has 1 aliphatic heterocycles. The Morgan fingerprint density at radius 1 is 1.29 bits per heavy atom. The van der Waals surface area contributed by atoms with Crippen molar-refractivity contribution in [2.24, 2.45) is 16.5 Å². The number of thiazole rings is 1. The van der Waals surface area contributed by atoms with Crippen molar-refractivity contribution in [3.8, 4) is 0 Å². The minimum atomic E-state index is -0.853. The Labute approximate surface area is 217 Å². The quantitative estimate of drug-likeness (QED) is 0.170. The maximum absolute atomic E-state index is 13.2. The normalized spacial score (nSPS) is 17.5. The van der Waals surface area contributed by atoms with E-state index < -0.39 is 24.1 Å². The number of hydrogen-bond acceptors (Lipinski definition) is 7. The molecule has 1 aromatic heterocycles. The topological polar surface area (TPSA) is 164 Å². The van der Waals surface area contributed by atoms with Crippen LogP contribution < -0.4 is 16.8 Å². The zero-order valence-electron chi connectivity index (χ0n) is 18.2. The number of aromatic nitrogens is 1. The van der Waals surface area contributed by atoms with Gasteiger partial charge in [0, 0.05) is 26.4 Å². The maximum atomic E-state index is 13.2. The number of likely N-dealkylation sites (tertiary alicyclic amines) is 1. The number of nitrogens with zero attached hydrogens (tertiary/aromatic N) is 3. The minimum Gasteiger partial charge on any atom is -0.391 e. The number of amides is 2. The van der Waals surface area contributed by atoms with E-state index in [0.29, 0.717) is 29.9 Å². The molecule has 3 atom stereocenters. The first-order valence-corrected chi connectivity index (χ1v) is 10.8. The minimum absolute atomic E-state index is 0. The number of β-amino-alcohol motifs (C(OH)–C–C–N with tert-alkyl or cyclic N) is 1. The van der Waals surface area contributed by atoms with Crippen molar-refractivity contribution in [3.63, 3.8) is 0 Å². The lowest BCUT2D eigenvalue weighted by molar-refractivity contribution is -0.137. The van der Waals surface area contributed by atoms with Crippen molar-refractivity contribution >= 4 is 72.1 Å². The molecule has 1 aromatic carbocycles. The summed E-state index contributed by atoms with van der Waals surface area (Å²) in [6.45, 7) is 1.75. The number of para-hydroxylation sites is 1. The van der Waals surface area contributed by atoms with Crippen LogP contribution in [0.4, 0.5) is 0 Å². The number of carbonyl (C=O) groups is 3. The van der Waals surface area contributed by atoms with E-state index in [1.165, 1.54) is 23.2 Å². The van der Waals surface area contributed by atoms with Crippen LogP contribution in [0.3, 0.4) is 0 Å². The number of nitrogens with two attached hydrogens (primary N) is 2. The molecular formula is C21H34N6O4S3. The van der Waals surface area contributed by atoms with Crippen LogP contribution in [0.25, 0.3) is 10.2 Å². The molecule has 1 saturated heterocycles. The largest absolute Gasteiger partial charge is 0.391 e. The zero-order chi connectivity index (χ0) is 22.5. The van der Waals surface area contributed by atoms with Crippen LogP contribution >= 0.6 is 38.3 Å². The van der Waals surface area contributed by atoms with Crippen LogP contribution in [0.1, 0.15) is 43.4 Å². The third kappa shape index (κ3) is 7.86. The third-order valence-electron chi connectivity index (χ3n) is 5.07. The SMILES string of the molecule is C.CC(=O)N1C[C@H](O)C[C@H]1C(=O)N[C@@H](CCCN=C(N)N)C(=O)c1nc2ccccc2s1.S.S. The number of nitrogens with one attached hydrogen (secondary N) is 1. The van der Waals surface area contributed by atoms with Gasteiger partial charge in [-0.3, -0.25) is 19.4 Å². The Kier molecular flexibility index (Phi) is 13.2. The second kappa shape index (κ2) is 14.1. The number of hydrogen-bond donors (Lipinski definition) is 4. The molecule has 1 fully saturated rings. The molecule has 34 heavy (non-hydrogen) atoms. The van der Waals surface area contributed by atoms with Crippen LogP contribution in [0, 0.1) is 0 Å². The lowest BCUT2D eigenvalue weighted by atomic mass is 10.1. The number of benzene rings is 1. The summed E-state index contributed by atoms with van der Waals surface area (Å²) in [4.78, 5) is 47.6. The zero-order valence-corrected chi connectivity index (χ0v) is 21.0. The number of Topliss-reactive ketones (excluding diaryl/α,β-unsaturated/α-hetero) is 1. The number of ketones is 1. The highest BCUT2D eigenvalue weighted by Crippen LogP contribution is 2.24. The molecule has 0 bridgehead atoms. The Morgan fingerprint density at radius 3 is 2.59 bits per heavy atom. The van der Waals surface area contributed by atoms with Gasteiger partial charge in [0.1, 0.15) is 6.04 Å². The Balaban J connectivity index is 0.00000363. The number of carbonyl (C=O) groups excluding carboxylic acids is 3. The smallest absolute Gasteiger partial charge is 0.243 e. The molecule has 3 rings (SSSR count). The summed E-state index contributed by atoms with van der Waals surface area (Å²) < 4.78 is 0.873. The highest BCUT2D eigenvalue weighted by Gasteiger charge is 2.39. The van der Waals surface area contributed by atoms with Crippen molar-refractivity contribution < 1.29 is 19.5 Å². The molecule has 2 aromatic rings. The predicted octanol–water partition coefficient (Wildman–Crippen LogP) is 0.861. The van der Waals surface area contributed by atoms with Crippen LogP contribution in [0.5, 0.6) is 0 Å². The van der Waals surface area contributed by atoms with Gasteiger partial charge in [-0.25, -0.2) is 4.98 Å². The van der Waals surface area contributed by atoms with Crippen LogP contribution in [-0.4, -0.2) is 69.8 Å². The molecular weight excluding hydrogens is 496 g/mol. The summed E-state index contributed by atoms with van der Waals surface area (Å²) >= 11 is 1.26. The molecule has 1 aliphatic rings. The summed E-state index contributed by atoms with van der Waals surface area (Å²) in [6, 6.07) is 5.72. The maximum Gasteiger partial charge on any atom is 0.243 e. The fraction of sp³-hybridized carbons (Fsp3) is 0.476. The van der Waals surface area contributed by atoms with Crippen molar-refractivity contribution in [2.45, 2.75) is 51.8 Å². The fourth-order valence-corrected chi connectivity index (χ4v) is 4.54. The average molecular weight is 531 g/mol. The molecule has 0 unspecified atom stereocenters. The molecule has 10 nitrogen and oxygen atoms in total. The van der Waals surface area contributed by atoms with Crippen molar-refractivity contribution in [3.05, 3.63) is 29.3 Å². The predicted molar refractivity (Wildman–Crippen MR) is 145 cm³/mol. The van der Waals surface area contributed by atoms with Gasteiger partial charge in [0.2, 0.25) is 17.6 Å². The van der Waals surface area contributed by atoms with Gasteiger partial charge in [-0.2, -0.15) is 27.0 Å². The molecule has 6 N–H and O–H groups in total. The number of aliphatic hydroxyl groups excluding tert-OH is 1. The monoisotopic (exact) mass is 530 g/mol. The second-order valence-electron chi connectivity index (χ2n) is 7.44. The van der Waals surface area contributed by atoms with Gasteiger partial charge < -0.3 is 26.8 Å². The summed E-state index contributed by atoms with van der Waals surface area (Å²) in [5, 5.41) is 13.0. The molecule has 190 valence electrons. The van der Waals surface area contributed by atoms with Crippen LogP contribution in [0.2, 0.25) is 0 Å². The van der Waals surface area contributed by atoms with E-state index in [4.69, 9.17) is 11.5 Å². The highest BCUT2D eigenvalue weighted by atomic mass is 32.1. The Morgan fingerprint density at radius 2 is 1.97 bits per heavy atom. The first-order chi connectivity index (χ1) is 14.8. The molecule has 0 spiro atoms. The summed E-state index contributed by atoms with van der Waals surface area (Å²) in [5.74, 6) is -1.14. The van der Waals surface area contributed by atoms with E-state index in [9.17, 15) is 19.5 Å². The summed E-state index contributed by atoms with van der Waals surface area (Å²) in [6.07, 6.45) is 0.108. The molecule has 2 amide bonds. The van der Waals surface area contributed by atoms with Gasteiger partial charge in [-0.1, -0.05) is 19.6 Å². The van der Waals surface area contributed by atoms with E-state index in [1.54, 1.807) is 0 Å². The lowest BCUT2D eigenvalue weighted by Crippen LogP contribution is -2.50. The standard InChI is InChI=1S/C20H26N6O4S.CH4.2H2S/c1-11(27)26-10-12(28)9-15(26)18(30)24-14(6-4-8-23-20(21)22)17(29)19-25-13-5-2-3-7-16(13)31-19;;;/h2-3,5,7,12,14-15,28H,4,6,8-10H2,1H3,(H,24,30)(H4,21,22,23);1H4;2*1H2/t12-,14+,15+;;;/m1.../s1. The molecule has 2 heterocycles. The van der Waals surface area contributed by atoms with Crippen LogP contribution in [0.15, 0.2) is 29.3 Å². The number of fused-ring (bicyclic) bond motifs is 1. The first kappa shape index (κ1) is 31.6. The molecule has 13 heteroatoms. The van der Waals surface area contributed by atoms with Crippen molar-refractivity contribution in [2.75, 3.05) is 13.1 Å². The number of aliphatic hydroxyl groups is 1. The Hall–Kier alpha value is -2.35. The number of aliphatic imine (C=N–C) groups is 1. The molecule has 0 saturated carbocycles.